The Morgan fingerprint density at radius 2 is 2.62 bits per heavy atom. The van der Waals surface area contributed by atoms with Gasteiger partial charge in [0.15, 0.2) is 0 Å². The molecule has 2 atom stereocenters. The van der Waals surface area contributed by atoms with Crippen molar-refractivity contribution in [3.8, 4) is 0 Å². The minimum absolute atomic E-state index is 0.204. The first-order valence-electron chi connectivity index (χ1n) is 4.68. The van der Waals surface area contributed by atoms with Crippen LogP contribution in [0, 0.1) is 0 Å². The Labute approximate surface area is 77.6 Å². The van der Waals surface area contributed by atoms with Gasteiger partial charge in [-0.15, -0.1) is 0 Å². The van der Waals surface area contributed by atoms with E-state index in [0.717, 1.165) is 25.1 Å². The van der Waals surface area contributed by atoms with Gasteiger partial charge in [0.25, 0.3) is 0 Å². The third-order valence-corrected chi connectivity index (χ3v) is 2.64. The van der Waals surface area contributed by atoms with Gasteiger partial charge >= 0.3 is 0 Å². The van der Waals surface area contributed by atoms with Gasteiger partial charge in [0.1, 0.15) is 6.10 Å². The predicted octanol–water partition coefficient (Wildman–Crippen LogP) is 0.205. The normalized spacial score (nSPS) is 24.9. The second-order valence-electron chi connectivity index (χ2n) is 3.53. The zero-order chi connectivity index (χ0) is 9.26. The van der Waals surface area contributed by atoms with Crippen LogP contribution in [-0.2, 0) is 7.05 Å². The van der Waals surface area contributed by atoms with Crippen LogP contribution >= 0.6 is 0 Å². The first-order valence-corrected chi connectivity index (χ1v) is 4.68. The topological polar surface area (TPSA) is 50.1 Å². The summed E-state index contributed by atoms with van der Waals surface area (Å²) in [5, 5.41) is 17.3. The van der Waals surface area contributed by atoms with Crippen LogP contribution in [0.1, 0.15) is 24.6 Å². The molecule has 2 unspecified atom stereocenters. The number of aryl methyl sites for hydroxylation is 1. The molecule has 4 heteroatoms. The number of aliphatic hydroxyl groups is 1. The number of hydrogen-bond donors (Lipinski definition) is 2. The highest BCUT2D eigenvalue weighted by molar-refractivity contribution is 5.07. The number of aliphatic hydroxyl groups excluding tert-OH is 1. The highest BCUT2D eigenvalue weighted by Gasteiger charge is 2.25. The predicted molar refractivity (Wildman–Crippen MR) is 49.2 cm³/mol. The van der Waals surface area contributed by atoms with Crippen molar-refractivity contribution in [2.24, 2.45) is 7.05 Å². The summed E-state index contributed by atoms with van der Waals surface area (Å²) in [7, 11) is 1.85. The lowest BCUT2D eigenvalue weighted by molar-refractivity contribution is 0.129. The molecule has 4 nitrogen and oxygen atoms in total. The van der Waals surface area contributed by atoms with Crippen LogP contribution in [0.5, 0.6) is 0 Å². The van der Waals surface area contributed by atoms with Crippen molar-refractivity contribution in [2.45, 2.75) is 25.0 Å². The molecule has 0 saturated carbocycles. The fourth-order valence-corrected chi connectivity index (χ4v) is 1.86. The molecular weight excluding hydrogens is 166 g/mol. The van der Waals surface area contributed by atoms with Crippen LogP contribution < -0.4 is 5.32 Å². The molecule has 1 saturated heterocycles. The van der Waals surface area contributed by atoms with Crippen molar-refractivity contribution < 1.29 is 5.11 Å². The molecule has 2 rings (SSSR count). The van der Waals surface area contributed by atoms with Crippen LogP contribution in [0.2, 0.25) is 0 Å². The molecule has 1 fully saturated rings. The van der Waals surface area contributed by atoms with Gasteiger partial charge in [-0.3, -0.25) is 4.68 Å². The van der Waals surface area contributed by atoms with Crippen molar-refractivity contribution in [1.29, 1.82) is 0 Å². The summed E-state index contributed by atoms with van der Waals surface area (Å²) >= 11 is 0. The summed E-state index contributed by atoms with van der Waals surface area (Å²) in [5.41, 5.74) is 0.888. The maximum absolute atomic E-state index is 9.97. The van der Waals surface area contributed by atoms with Crippen LogP contribution in [-0.4, -0.2) is 27.5 Å². The Hall–Kier alpha value is -0.870. The summed E-state index contributed by atoms with van der Waals surface area (Å²) in [6.07, 6.45) is 3.49. The van der Waals surface area contributed by atoms with Crippen molar-refractivity contribution in [2.75, 3.05) is 6.54 Å². The van der Waals surface area contributed by atoms with Crippen molar-refractivity contribution >= 4 is 0 Å². The minimum atomic E-state index is -0.421. The molecule has 1 aliphatic rings. The molecule has 0 spiro atoms. The van der Waals surface area contributed by atoms with E-state index in [1.807, 2.05) is 13.1 Å². The average Bonchev–Trinajstić information content (AvgIpc) is 2.72. The molecule has 1 aliphatic heterocycles. The van der Waals surface area contributed by atoms with E-state index in [-0.39, 0.29) is 6.04 Å². The monoisotopic (exact) mass is 181 g/mol. The molecular formula is C9H15N3O. The number of nitrogens with zero attached hydrogens (tertiary/aromatic N) is 2. The van der Waals surface area contributed by atoms with E-state index in [2.05, 4.69) is 10.4 Å². The third kappa shape index (κ3) is 1.59. The highest BCUT2D eigenvalue weighted by Crippen LogP contribution is 2.21. The Morgan fingerprint density at radius 3 is 3.15 bits per heavy atom. The molecule has 2 heterocycles. The van der Waals surface area contributed by atoms with Crippen molar-refractivity contribution in [1.82, 2.24) is 15.1 Å². The zero-order valence-electron chi connectivity index (χ0n) is 7.77. The first kappa shape index (κ1) is 8.72. The number of aromatic nitrogens is 2. The van der Waals surface area contributed by atoms with E-state index in [4.69, 9.17) is 0 Å². The van der Waals surface area contributed by atoms with E-state index in [0.29, 0.717) is 0 Å². The average molecular weight is 181 g/mol. The van der Waals surface area contributed by atoms with Gasteiger partial charge in [0, 0.05) is 19.3 Å². The quantitative estimate of drug-likeness (QED) is 0.685. The van der Waals surface area contributed by atoms with E-state index < -0.39 is 6.10 Å². The third-order valence-electron chi connectivity index (χ3n) is 2.64. The molecule has 72 valence electrons. The summed E-state index contributed by atoms with van der Waals surface area (Å²) < 4.78 is 1.73. The highest BCUT2D eigenvalue weighted by atomic mass is 16.3. The summed E-state index contributed by atoms with van der Waals surface area (Å²) in [6.45, 7) is 1.01. The maximum Gasteiger partial charge on any atom is 0.111 e. The molecule has 13 heavy (non-hydrogen) atoms. The smallest absolute Gasteiger partial charge is 0.111 e. The second kappa shape index (κ2) is 3.47. The van der Waals surface area contributed by atoms with Crippen molar-refractivity contribution in [3.63, 3.8) is 0 Å². The Morgan fingerprint density at radius 1 is 1.77 bits per heavy atom. The van der Waals surface area contributed by atoms with Crippen LogP contribution in [0.15, 0.2) is 12.3 Å². The number of rotatable bonds is 2. The van der Waals surface area contributed by atoms with Gasteiger partial charge in [-0.25, -0.2) is 0 Å². The minimum Gasteiger partial charge on any atom is -0.385 e. The SMILES string of the molecule is Cn1nccc1C(O)C1CCCN1. The number of hydrogen-bond acceptors (Lipinski definition) is 3. The Bertz CT molecular complexity index is 278. The van der Waals surface area contributed by atoms with E-state index in [9.17, 15) is 5.11 Å². The fourth-order valence-electron chi connectivity index (χ4n) is 1.86. The lowest BCUT2D eigenvalue weighted by atomic mass is 10.1. The Balaban J connectivity index is 2.12. The van der Waals surface area contributed by atoms with Gasteiger partial charge in [0.05, 0.1) is 5.69 Å². The van der Waals surface area contributed by atoms with E-state index in [1.165, 1.54) is 0 Å². The van der Waals surface area contributed by atoms with Gasteiger partial charge in [-0.2, -0.15) is 5.10 Å². The maximum atomic E-state index is 9.97. The second-order valence-corrected chi connectivity index (χ2v) is 3.53. The fraction of sp³-hybridized carbons (Fsp3) is 0.667. The molecule has 2 N–H and O–H groups in total. The van der Waals surface area contributed by atoms with Gasteiger partial charge < -0.3 is 10.4 Å². The molecule has 0 amide bonds. The van der Waals surface area contributed by atoms with Crippen LogP contribution in [0.3, 0.4) is 0 Å². The molecule has 0 bridgehead atoms. The van der Waals surface area contributed by atoms with Crippen LogP contribution in [0.4, 0.5) is 0 Å². The van der Waals surface area contributed by atoms with E-state index in [1.54, 1.807) is 10.9 Å². The summed E-state index contributed by atoms with van der Waals surface area (Å²) in [4.78, 5) is 0. The molecule has 0 aliphatic carbocycles. The van der Waals surface area contributed by atoms with Crippen molar-refractivity contribution in [3.05, 3.63) is 18.0 Å². The molecule has 0 aromatic carbocycles. The largest absolute Gasteiger partial charge is 0.385 e. The van der Waals surface area contributed by atoms with Crippen LogP contribution in [0.25, 0.3) is 0 Å². The Kier molecular flexibility index (Phi) is 2.33. The number of nitrogens with one attached hydrogen (secondary N) is 1. The van der Waals surface area contributed by atoms with Gasteiger partial charge in [0.2, 0.25) is 0 Å². The lowest BCUT2D eigenvalue weighted by Crippen LogP contribution is -2.29. The molecule has 1 aromatic rings. The summed E-state index contributed by atoms with van der Waals surface area (Å²) in [6, 6.07) is 2.07. The molecule has 0 radical (unpaired) electrons. The zero-order valence-corrected chi connectivity index (χ0v) is 7.77. The first-order chi connectivity index (χ1) is 6.29. The molecule has 1 aromatic heterocycles. The summed E-state index contributed by atoms with van der Waals surface area (Å²) in [5.74, 6) is 0. The standard InChI is InChI=1S/C9H15N3O/c1-12-8(4-6-11-12)9(13)7-3-2-5-10-7/h4,6-7,9-10,13H,2-3,5H2,1H3. The van der Waals surface area contributed by atoms with Gasteiger partial charge in [-0.05, 0) is 25.5 Å². The van der Waals surface area contributed by atoms with E-state index >= 15 is 0 Å². The lowest BCUT2D eigenvalue weighted by Gasteiger charge is -2.18. The van der Waals surface area contributed by atoms with Gasteiger partial charge in [-0.1, -0.05) is 0 Å².